The molecule has 0 saturated heterocycles. The van der Waals surface area contributed by atoms with E-state index in [0.717, 1.165) is 41.4 Å². The first-order chi connectivity index (χ1) is 20.9. The van der Waals surface area contributed by atoms with E-state index in [9.17, 15) is 10.5 Å². The zero-order valence-corrected chi connectivity index (χ0v) is 26.5. The molecule has 2 saturated carbocycles. The van der Waals surface area contributed by atoms with Crippen molar-refractivity contribution in [2.45, 2.75) is 78.4 Å². The third-order valence-corrected chi connectivity index (χ3v) is 8.43. The molecule has 0 spiro atoms. The molecule has 1 unspecified atom stereocenters. The molecule has 0 radical (unpaired) electrons. The van der Waals surface area contributed by atoms with Gasteiger partial charge >= 0.3 is 0 Å². The maximum absolute atomic E-state index is 10.4. The zero-order valence-electron chi connectivity index (χ0n) is 25.7. The number of benzene rings is 1. The second-order valence-electron chi connectivity index (χ2n) is 10.7. The number of nitrogens with zero attached hydrogens (tertiary/aromatic N) is 5. The molecular weight excluding hydrogens is 558 g/mol. The minimum atomic E-state index is 0.130. The summed E-state index contributed by atoms with van der Waals surface area (Å²) in [5.41, 5.74) is 3.41. The van der Waals surface area contributed by atoms with E-state index in [2.05, 4.69) is 35.2 Å². The van der Waals surface area contributed by atoms with Gasteiger partial charge in [-0.1, -0.05) is 32.4 Å². The van der Waals surface area contributed by atoms with Crippen molar-refractivity contribution in [1.82, 2.24) is 14.5 Å². The molecular formula is C35H40ClN5O2. The molecule has 0 N–H and O–H groups in total. The van der Waals surface area contributed by atoms with Crippen molar-refractivity contribution in [3.05, 3.63) is 83.1 Å². The zero-order chi connectivity index (χ0) is 31.1. The Kier molecular flexibility index (Phi) is 10.6. The Morgan fingerprint density at radius 2 is 1.95 bits per heavy atom. The lowest BCUT2D eigenvalue weighted by atomic mass is 9.92. The van der Waals surface area contributed by atoms with Crippen LogP contribution in [0.4, 0.5) is 0 Å². The molecule has 7 nitrogen and oxygen atoms in total. The Labute approximate surface area is 260 Å². The largest absolute Gasteiger partial charge is 0.476 e. The summed E-state index contributed by atoms with van der Waals surface area (Å²) in [7, 11) is 1.90. The van der Waals surface area contributed by atoms with Crippen LogP contribution in [0, 0.1) is 28.6 Å². The summed E-state index contributed by atoms with van der Waals surface area (Å²) in [5.74, 6) is 1.96. The van der Waals surface area contributed by atoms with Gasteiger partial charge in [0.15, 0.2) is 5.88 Å². The van der Waals surface area contributed by atoms with Crippen molar-refractivity contribution in [2.75, 3.05) is 7.05 Å². The van der Waals surface area contributed by atoms with Crippen LogP contribution < -0.4 is 4.74 Å². The van der Waals surface area contributed by atoms with Crippen molar-refractivity contribution in [1.29, 1.82) is 10.5 Å². The van der Waals surface area contributed by atoms with Gasteiger partial charge in [-0.25, -0.2) is 4.98 Å². The minimum absolute atomic E-state index is 0.130. The molecule has 2 aliphatic carbocycles. The molecule has 0 amide bonds. The number of pyridine rings is 1. The summed E-state index contributed by atoms with van der Waals surface area (Å²) in [6.45, 7) is 12.2. The molecule has 5 rings (SSSR count). The first-order valence-corrected chi connectivity index (χ1v) is 15.5. The van der Waals surface area contributed by atoms with E-state index < -0.39 is 0 Å². The SMILES string of the molecule is C=C(OC(C)C1CC1)N(C)/C=C\C(=C(\Cl)CC)c1c(C#N)c2ccc(Oc3ncccc3C#N)cc2n1C1CCC1.CC. The van der Waals surface area contributed by atoms with E-state index in [1.807, 2.05) is 63.2 Å². The highest BCUT2D eigenvalue weighted by Gasteiger charge is 2.31. The summed E-state index contributed by atoms with van der Waals surface area (Å²) >= 11 is 6.90. The standard InChI is InChI=1S/C33H34ClN5O2.C2H6/c1-5-30(34)28(15-17-38(4)22(3)40-21(2)23-11-12-23)32-29(20-36)27-14-13-26(18-31(27)39(32)25-9-6-10-25)41-33-24(19-35)8-7-16-37-33;1-2/h7-8,13-18,21,23,25H,3,5-6,9-12H2,1-2,4H3;1-2H3/b17-15-,30-28-;. The molecule has 224 valence electrons. The van der Waals surface area contributed by atoms with Gasteiger partial charge in [-0.3, -0.25) is 0 Å². The Morgan fingerprint density at radius 3 is 2.56 bits per heavy atom. The Hall–Kier alpha value is -4.20. The second kappa shape index (κ2) is 14.3. The summed E-state index contributed by atoms with van der Waals surface area (Å²) in [6, 6.07) is 13.8. The predicted octanol–water partition coefficient (Wildman–Crippen LogP) is 9.41. The number of allylic oxidation sites excluding steroid dienone is 3. The highest BCUT2D eigenvalue weighted by Crippen LogP contribution is 2.44. The van der Waals surface area contributed by atoms with Crippen LogP contribution in [-0.4, -0.2) is 27.6 Å². The van der Waals surface area contributed by atoms with Gasteiger partial charge in [-0.15, -0.1) is 0 Å². The molecule has 2 heterocycles. The number of hydrogen-bond acceptors (Lipinski definition) is 6. The summed E-state index contributed by atoms with van der Waals surface area (Å²) < 4.78 is 14.4. The second-order valence-corrected chi connectivity index (χ2v) is 11.1. The van der Waals surface area contributed by atoms with Gasteiger partial charge in [0.25, 0.3) is 0 Å². The number of nitriles is 2. The van der Waals surface area contributed by atoms with Gasteiger partial charge in [0.1, 0.15) is 29.6 Å². The van der Waals surface area contributed by atoms with Gasteiger partial charge in [-0.05, 0) is 88.3 Å². The summed E-state index contributed by atoms with van der Waals surface area (Å²) in [4.78, 5) is 6.09. The maximum atomic E-state index is 10.4. The molecule has 2 fully saturated rings. The minimum Gasteiger partial charge on any atom is -0.476 e. The number of halogens is 1. The number of hydrogen-bond donors (Lipinski definition) is 0. The fraction of sp³-hybridized carbons (Fsp3) is 0.400. The van der Waals surface area contributed by atoms with E-state index in [1.165, 1.54) is 12.8 Å². The molecule has 43 heavy (non-hydrogen) atoms. The predicted molar refractivity (Wildman–Crippen MR) is 172 cm³/mol. The molecule has 0 aliphatic heterocycles. The fourth-order valence-corrected chi connectivity index (χ4v) is 5.29. The van der Waals surface area contributed by atoms with Gasteiger partial charge < -0.3 is 18.9 Å². The smallest absolute Gasteiger partial charge is 0.237 e. The van der Waals surface area contributed by atoms with Crippen molar-refractivity contribution in [3.63, 3.8) is 0 Å². The summed E-state index contributed by atoms with van der Waals surface area (Å²) in [6.07, 6.45) is 11.7. The van der Waals surface area contributed by atoms with Crippen molar-refractivity contribution >= 4 is 28.1 Å². The lowest BCUT2D eigenvalue weighted by molar-refractivity contribution is 0.0725. The highest BCUT2D eigenvalue weighted by atomic mass is 35.5. The summed E-state index contributed by atoms with van der Waals surface area (Å²) in [5, 5.41) is 21.4. The Balaban J connectivity index is 0.00000207. The quantitative estimate of drug-likeness (QED) is 0.162. The first-order valence-electron chi connectivity index (χ1n) is 15.1. The maximum Gasteiger partial charge on any atom is 0.237 e. The molecule has 8 heteroatoms. The van der Waals surface area contributed by atoms with Gasteiger partial charge in [0.05, 0.1) is 16.8 Å². The van der Waals surface area contributed by atoms with Gasteiger partial charge in [-0.2, -0.15) is 10.5 Å². The molecule has 1 atom stereocenters. The fourth-order valence-electron chi connectivity index (χ4n) is 5.14. The monoisotopic (exact) mass is 597 g/mol. The number of fused-ring (bicyclic) bond motifs is 1. The number of rotatable bonds is 11. The lowest BCUT2D eigenvalue weighted by Crippen LogP contribution is -2.20. The Bertz CT molecular complexity index is 1620. The Morgan fingerprint density at radius 1 is 1.21 bits per heavy atom. The van der Waals surface area contributed by atoms with Gasteiger partial charge in [0, 0.05) is 47.5 Å². The average Bonchev–Trinajstić information content (AvgIpc) is 3.81. The van der Waals surface area contributed by atoms with Crippen LogP contribution in [0.1, 0.15) is 89.1 Å². The van der Waals surface area contributed by atoms with E-state index in [0.29, 0.717) is 40.1 Å². The van der Waals surface area contributed by atoms with E-state index in [4.69, 9.17) is 21.1 Å². The molecule has 2 aliphatic rings. The van der Waals surface area contributed by atoms with Crippen LogP contribution in [0.3, 0.4) is 0 Å². The van der Waals surface area contributed by atoms with E-state index in [1.54, 1.807) is 18.3 Å². The lowest BCUT2D eigenvalue weighted by Gasteiger charge is -2.30. The van der Waals surface area contributed by atoms with E-state index in [-0.39, 0.29) is 18.0 Å². The van der Waals surface area contributed by atoms with Crippen LogP contribution in [0.15, 0.2) is 66.3 Å². The van der Waals surface area contributed by atoms with Crippen molar-refractivity contribution in [2.24, 2.45) is 5.92 Å². The van der Waals surface area contributed by atoms with Crippen LogP contribution >= 0.6 is 11.6 Å². The normalized spacial score (nSPS) is 15.8. The van der Waals surface area contributed by atoms with Crippen LogP contribution in [0.5, 0.6) is 11.6 Å². The van der Waals surface area contributed by atoms with Crippen LogP contribution in [-0.2, 0) is 4.74 Å². The average molecular weight is 598 g/mol. The first kappa shape index (κ1) is 31.7. The van der Waals surface area contributed by atoms with Gasteiger partial charge in [0.2, 0.25) is 5.88 Å². The molecule has 1 aromatic carbocycles. The molecule has 2 aromatic heterocycles. The van der Waals surface area contributed by atoms with Crippen LogP contribution in [0.2, 0.25) is 0 Å². The van der Waals surface area contributed by atoms with Crippen LogP contribution in [0.25, 0.3) is 16.5 Å². The van der Waals surface area contributed by atoms with Crippen molar-refractivity contribution in [3.8, 4) is 23.8 Å². The third-order valence-electron chi connectivity index (χ3n) is 7.96. The topological polar surface area (TPSA) is 87.1 Å². The highest BCUT2D eigenvalue weighted by molar-refractivity contribution is 6.33. The number of aromatic nitrogens is 2. The number of ether oxygens (including phenoxy) is 2. The van der Waals surface area contributed by atoms with E-state index >= 15 is 0 Å². The third kappa shape index (κ3) is 6.90. The van der Waals surface area contributed by atoms with Crippen molar-refractivity contribution < 1.29 is 9.47 Å². The molecule has 0 bridgehead atoms. The molecule has 3 aromatic rings.